The molecule has 2 fully saturated rings. The van der Waals surface area contributed by atoms with Crippen molar-refractivity contribution in [3.63, 3.8) is 0 Å². The summed E-state index contributed by atoms with van der Waals surface area (Å²) in [4.78, 5) is 14.3. The van der Waals surface area contributed by atoms with Gasteiger partial charge in [0.05, 0.1) is 37.2 Å². The molecule has 0 bridgehead atoms. The highest BCUT2D eigenvalue weighted by molar-refractivity contribution is 7.88. The highest BCUT2D eigenvalue weighted by atomic mass is 35.5. The van der Waals surface area contributed by atoms with Gasteiger partial charge in [-0.15, -0.1) is 0 Å². The van der Waals surface area contributed by atoms with Crippen molar-refractivity contribution in [3.8, 4) is 5.75 Å². The van der Waals surface area contributed by atoms with E-state index in [1.54, 1.807) is 30.1 Å². The Morgan fingerprint density at radius 1 is 1.31 bits per heavy atom. The summed E-state index contributed by atoms with van der Waals surface area (Å²) in [5, 5.41) is 0.354. The zero-order chi connectivity index (χ0) is 21.0. The fraction of sp³-hybridized carbons (Fsp3) is 0.632. The van der Waals surface area contributed by atoms with E-state index in [4.69, 9.17) is 25.8 Å². The standard InChI is InChI=1S/C19H27ClN2O6S/c1-21(12-16-13-26-9-10-27-16)19(23)14-3-4-18(17(20)11-14)28-15-5-7-22(8-6-15)29(2,24)25/h3-4,11,15-16H,5-10,12-13H2,1-2H3. The molecule has 0 saturated carbocycles. The number of rotatable bonds is 6. The second-order valence-electron chi connectivity index (χ2n) is 7.38. The number of benzene rings is 1. The molecular formula is C19H27ClN2O6S. The lowest BCUT2D eigenvalue weighted by Gasteiger charge is -2.30. The average Bonchev–Trinajstić information content (AvgIpc) is 2.69. The SMILES string of the molecule is CN(CC1COCCO1)C(=O)c1ccc(OC2CCN(S(C)(=O)=O)CC2)c(Cl)c1. The number of carbonyl (C=O) groups excluding carboxylic acids is 1. The van der Waals surface area contributed by atoms with E-state index in [0.717, 1.165) is 0 Å². The van der Waals surface area contributed by atoms with E-state index in [9.17, 15) is 13.2 Å². The van der Waals surface area contributed by atoms with Crippen LogP contribution in [0.25, 0.3) is 0 Å². The van der Waals surface area contributed by atoms with Gasteiger partial charge in [0.25, 0.3) is 5.91 Å². The van der Waals surface area contributed by atoms with E-state index < -0.39 is 10.0 Å². The second-order valence-corrected chi connectivity index (χ2v) is 9.77. The predicted molar refractivity (Wildman–Crippen MR) is 109 cm³/mol. The van der Waals surface area contributed by atoms with Crippen LogP contribution in [0.4, 0.5) is 0 Å². The highest BCUT2D eigenvalue weighted by Gasteiger charge is 2.27. The molecule has 29 heavy (non-hydrogen) atoms. The predicted octanol–water partition coefficient (Wildman–Crippen LogP) is 1.63. The van der Waals surface area contributed by atoms with E-state index in [0.29, 0.717) is 68.6 Å². The van der Waals surface area contributed by atoms with Crippen LogP contribution in [0.5, 0.6) is 5.75 Å². The number of halogens is 1. The first-order valence-electron chi connectivity index (χ1n) is 9.60. The lowest BCUT2D eigenvalue weighted by Crippen LogP contribution is -2.41. The van der Waals surface area contributed by atoms with Crippen LogP contribution in [-0.4, -0.2) is 88.5 Å². The lowest BCUT2D eigenvalue weighted by atomic mass is 10.1. The fourth-order valence-corrected chi connectivity index (χ4v) is 4.54. The monoisotopic (exact) mass is 446 g/mol. The Kier molecular flexibility index (Phi) is 7.39. The van der Waals surface area contributed by atoms with Crippen LogP contribution in [-0.2, 0) is 19.5 Å². The van der Waals surface area contributed by atoms with Crippen LogP contribution < -0.4 is 4.74 Å². The van der Waals surface area contributed by atoms with Gasteiger partial charge in [0.1, 0.15) is 11.9 Å². The number of nitrogens with zero attached hydrogens (tertiary/aromatic N) is 2. The molecular weight excluding hydrogens is 420 g/mol. The topological polar surface area (TPSA) is 85.4 Å². The molecule has 1 aromatic carbocycles. The molecule has 0 radical (unpaired) electrons. The molecule has 0 aliphatic carbocycles. The number of likely N-dealkylation sites (N-methyl/N-ethyl adjacent to an activating group) is 1. The Morgan fingerprint density at radius 2 is 2.03 bits per heavy atom. The number of piperidine rings is 1. The van der Waals surface area contributed by atoms with Crippen molar-refractivity contribution in [1.29, 1.82) is 0 Å². The summed E-state index contributed by atoms with van der Waals surface area (Å²) in [5.41, 5.74) is 0.466. The van der Waals surface area contributed by atoms with Crippen LogP contribution in [0.1, 0.15) is 23.2 Å². The normalized spacial score (nSPS) is 21.7. The third-order valence-electron chi connectivity index (χ3n) is 5.05. The van der Waals surface area contributed by atoms with Crippen molar-refractivity contribution in [2.24, 2.45) is 0 Å². The summed E-state index contributed by atoms with van der Waals surface area (Å²) in [6.07, 6.45) is 2.16. The summed E-state index contributed by atoms with van der Waals surface area (Å²) in [5.74, 6) is 0.335. The third-order valence-corrected chi connectivity index (χ3v) is 6.65. The van der Waals surface area contributed by atoms with Gasteiger partial charge < -0.3 is 19.1 Å². The molecule has 2 aliphatic rings. The van der Waals surface area contributed by atoms with E-state index >= 15 is 0 Å². The maximum Gasteiger partial charge on any atom is 0.253 e. The van der Waals surface area contributed by atoms with Gasteiger partial charge in [0.2, 0.25) is 10.0 Å². The van der Waals surface area contributed by atoms with Crippen LogP contribution in [0.3, 0.4) is 0 Å². The highest BCUT2D eigenvalue weighted by Crippen LogP contribution is 2.29. The lowest BCUT2D eigenvalue weighted by molar-refractivity contribution is -0.0933. The molecule has 1 amide bonds. The molecule has 0 spiro atoms. The molecule has 2 heterocycles. The van der Waals surface area contributed by atoms with Crippen molar-refractivity contribution in [1.82, 2.24) is 9.21 Å². The molecule has 10 heteroatoms. The Hall–Kier alpha value is -1.39. The van der Waals surface area contributed by atoms with Gasteiger partial charge in [-0.3, -0.25) is 4.79 Å². The number of hydrogen-bond donors (Lipinski definition) is 0. The number of ether oxygens (including phenoxy) is 3. The van der Waals surface area contributed by atoms with Gasteiger partial charge in [-0.1, -0.05) is 11.6 Å². The minimum atomic E-state index is -3.17. The molecule has 0 N–H and O–H groups in total. The van der Waals surface area contributed by atoms with Crippen molar-refractivity contribution in [2.45, 2.75) is 25.0 Å². The summed E-state index contributed by atoms with van der Waals surface area (Å²) in [7, 11) is -1.46. The minimum Gasteiger partial charge on any atom is -0.489 e. The summed E-state index contributed by atoms with van der Waals surface area (Å²) in [6.45, 7) is 2.88. The molecule has 1 aromatic rings. The number of amides is 1. The fourth-order valence-electron chi connectivity index (χ4n) is 3.44. The van der Waals surface area contributed by atoms with Crippen LogP contribution in [0.2, 0.25) is 5.02 Å². The summed E-state index contributed by atoms with van der Waals surface area (Å²) < 4.78 is 41.6. The molecule has 1 atom stereocenters. The quantitative estimate of drug-likeness (QED) is 0.660. The largest absolute Gasteiger partial charge is 0.489 e. The van der Waals surface area contributed by atoms with Crippen LogP contribution >= 0.6 is 11.6 Å². The number of hydrogen-bond acceptors (Lipinski definition) is 6. The van der Waals surface area contributed by atoms with Crippen LogP contribution in [0.15, 0.2) is 18.2 Å². The molecule has 1 unspecified atom stereocenters. The Bertz CT molecular complexity index is 820. The first-order valence-corrected chi connectivity index (χ1v) is 11.8. The van der Waals surface area contributed by atoms with E-state index in [-0.39, 0.29) is 18.1 Å². The molecule has 0 aromatic heterocycles. The first kappa shape index (κ1) is 22.3. The van der Waals surface area contributed by atoms with Crippen molar-refractivity contribution in [2.75, 3.05) is 52.8 Å². The van der Waals surface area contributed by atoms with Gasteiger partial charge in [0, 0.05) is 32.2 Å². The van der Waals surface area contributed by atoms with E-state index in [1.807, 2.05) is 0 Å². The molecule has 3 rings (SSSR count). The van der Waals surface area contributed by atoms with Gasteiger partial charge in [0.15, 0.2) is 0 Å². The Labute approximate surface area is 176 Å². The average molecular weight is 447 g/mol. The van der Waals surface area contributed by atoms with Crippen molar-refractivity contribution < 1.29 is 27.4 Å². The van der Waals surface area contributed by atoms with Gasteiger partial charge >= 0.3 is 0 Å². The van der Waals surface area contributed by atoms with Crippen molar-refractivity contribution >= 4 is 27.5 Å². The van der Waals surface area contributed by atoms with Gasteiger partial charge in [-0.05, 0) is 31.0 Å². The number of carbonyl (C=O) groups is 1. The first-order chi connectivity index (χ1) is 13.7. The minimum absolute atomic E-state index is 0.113. The zero-order valence-corrected chi connectivity index (χ0v) is 18.2. The molecule has 162 valence electrons. The van der Waals surface area contributed by atoms with Crippen molar-refractivity contribution in [3.05, 3.63) is 28.8 Å². The molecule has 2 saturated heterocycles. The smallest absolute Gasteiger partial charge is 0.253 e. The molecule has 8 nitrogen and oxygen atoms in total. The Balaban J connectivity index is 1.56. The van der Waals surface area contributed by atoms with E-state index in [1.165, 1.54) is 10.6 Å². The maximum absolute atomic E-state index is 12.7. The van der Waals surface area contributed by atoms with Gasteiger partial charge in [-0.25, -0.2) is 12.7 Å². The second kappa shape index (κ2) is 9.61. The van der Waals surface area contributed by atoms with E-state index in [2.05, 4.69) is 0 Å². The van der Waals surface area contributed by atoms with Gasteiger partial charge in [-0.2, -0.15) is 0 Å². The zero-order valence-electron chi connectivity index (χ0n) is 16.7. The summed E-state index contributed by atoms with van der Waals surface area (Å²) in [6, 6.07) is 4.97. The third kappa shape index (κ3) is 6.05. The Morgan fingerprint density at radius 3 is 2.62 bits per heavy atom. The summed E-state index contributed by atoms with van der Waals surface area (Å²) >= 11 is 6.34. The molecule has 2 aliphatic heterocycles. The number of sulfonamides is 1. The maximum atomic E-state index is 12.7. The van der Waals surface area contributed by atoms with Crippen LogP contribution in [0, 0.1) is 0 Å².